The highest BCUT2D eigenvalue weighted by Crippen LogP contribution is 2.36. The van der Waals surface area contributed by atoms with Crippen LogP contribution in [0.1, 0.15) is 11.3 Å². The number of nitrogens with one attached hydrogen (secondary N) is 1. The van der Waals surface area contributed by atoms with Gasteiger partial charge in [0.1, 0.15) is 5.84 Å². The summed E-state index contributed by atoms with van der Waals surface area (Å²) in [7, 11) is 0. The molecule has 0 spiro atoms. The number of para-hydroxylation sites is 1. The standard InChI is InChI=1S/C13H15N5S/c1-8-7-11(17-16-8)18-10-6-4-3-5-9(10)12(14)15-13(18)19-2/h3-7,13H,1-2H3,(H2,14,15)(H,16,17). The van der Waals surface area contributed by atoms with Crippen molar-refractivity contribution in [1.29, 1.82) is 0 Å². The van der Waals surface area contributed by atoms with Crippen LogP contribution < -0.4 is 10.6 Å². The van der Waals surface area contributed by atoms with Crippen LogP contribution in [0.15, 0.2) is 35.3 Å². The van der Waals surface area contributed by atoms with E-state index in [0.29, 0.717) is 5.84 Å². The Hall–Kier alpha value is -1.95. The van der Waals surface area contributed by atoms with Gasteiger partial charge in [0.15, 0.2) is 11.3 Å². The zero-order chi connectivity index (χ0) is 13.4. The number of fused-ring (bicyclic) bond motifs is 1. The van der Waals surface area contributed by atoms with Crippen LogP contribution in [0.4, 0.5) is 11.5 Å². The smallest absolute Gasteiger partial charge is 0.176 e. The first-order valence-corrected chi connectivity index (χ1v) is 7.26. The normalized spacial score (nSPS) is 18.1. The summed E-state index contributed by atoms with van der Waals surface area (Å²) >= 11 is 1.63. The average molecular weight is 273 g/mol. The molecular formula is C13H15N5S. The highest BCUT2D eigenvalue weighted by atomic mass is 32.2. The van der Waals surface area contributed by atoms with Gasteiger partial charge in [-0.1, -0.05) is 12.1 Å². The molecule has 1 aromatic carbocycles. The predicted octanol–water partition coefficient (Wildman–Crippen LogP) is 2.22. The van der Waals surface area contributed by atoms with E-state index in [4.69, 9.17) is 5.73 Å². The lowest BCUT2D eigenvalue weighted by atomic mass is 10.1. The van der Waals surface area contributed by atoms with Gasteiger partial charge in [-0.05, 0) is 25.3 Å². The largest absolute Gasteiger partial charge is 0.383 e. The van der Waals surface area contributed by atoms with Crippen molar-refractivity contribution in [2.45, 2.75) is 12.4 Å². The fraction of sp³-hybridized carbons (Fsp3) is 0.231. The van der Waals surface area contributed by atoms with Crippen molar-refractivity contribution in [2.24, 2.45) is 10.7 Å². The minimum absolute atomic E-state index is 0.0856. The van der Waals surface area contributed by atoms with Gasteiger partial charge in [-0.25, -0.2) is 4.99 Å². The van der Waals surface area contributed by atoms with Gasteiger partial charge >= 0.3 is 0 Å². The third-order valence-corrected chi connectivity index (χ3v) is 3.80. The molecular weight excluding hydrogens is 258 g/mol. The molecule has 1 unspecified atom stereocenters. The maximum Gasteiger partial charge on any atom is 0.176 e. The molecule has 6 heteroatoms. The molecule has 5 nitrogen and oxygen atoms in total. The molecule has 1 atom stereocenters. The number of anilines is 2. The van der Waals surface area contributed by atoms with Gasteiger partial charge in [0.25, 0.3) is 0 Å². The fourth-order valence-corrected chi connectivity index (χ4v) is 2.84. The molecule has 1 aliphatic rings. The van der Waals surface area contributed by atoms with Crippen LogP contribution in [0.2, 0.25) is 0 Å². The number of amidine groups is 1. The van der Waals surface area contributed by atoms with Crippen molar-refractivity contribution in [2.75, 3.05) is 11.2 Å². The van der Waals surface area contributed by atoms with Gasteiger partial charge in [0.05, 0.1) is 5.69 Å². The maximum absolute atomic E-state index is 6.04. The minimum atomic E-state index is -0.0856. The van der Waals surface area contributed by atoms with Crippen LogP contribution in [0.5, 0.6) is 0 Å². The summed E-state index contributed by atoms with van der Waals surface area (Å²) in [6.45, 7) is 1.98. The lowest BCUT2D eigenvalue weighted by Crippen LogP contribution is -2.35. The highest BCUT2D eigenvalue weighted by Gasteiger charge is 2.28. The second-order valence-electron chi connectivity index (χ2n) is 4.37. The van der Waals surface area contributed by atoms with Crippen molar-refractivity contribution in [3.8, 4) is 0 Å². The zero-order valence-electron chi connectivity index (χ0n) is 10.8. The van der Waals surface area contributed by atoms with Crippen molar-refractivity contribution in [1.82, 2.24) is 10.2 Å². The molecule has 3 rings (SSSR count). The van der Waals surface area contributed by atoms with Gasteiger partial charge < -0.3 is 5.73 Å². The third kappa shape index (κ3) is 1.98. The van der Waals surface area contributed by atoms with Gasteiger partial charge in [-0.3, -0.25) is 10.00 Å². The number of aromatic amines is 1. The summed E-state index contributed by atoms with van der Waals surface area (Å²) in [6, 6.07) is 10.0. The molecule has 0 amide bonds. The van der Waals surface area contributed by atoms with E-state index in [9.17, 15) is 0 Å². The van der Waals surface area contributed by atoms with Crippen LogP contribution in [0, 0.1) is 6.92 Å². The van der Waals surface area contributed by atoms with E-state index in [1.54, 1.807) is 11.8 Å². The molecule has 2 aromatic rings. The van der Waals surface area contributed by atoms with Crippen molar-refractivity contribution in [3.63, 3.8) is 0 Å². The van der Waals surface area contributed by atoms with Crippen LogP contribution in [-0.4, -0.2) is 27.8 Å². The predicted molar refractivity (Wildman–Crippen MR) is 79.9 cm³/mol. The molecule has 2 heterocycles. The molecule has 98 valence electrons. The summed E-state index contributed by atoms with van der Waals surface area (Å²) in [6.07, 6.45) is 2.02. The Bertz CT molecular complexity index is 633. The number of nitrogens with two attached hydrogens (primary N) is 1. The molecule has 0 saturated carbocycles. The average Bonchev–Trinajstić information content (AvgIpc) is 2.85. The molecule has 19 heavy (non-hydrogen) atoms. The molecule has 0 radical (unpaired) electrons. The number of rotatable bonds is 2. The van der Waals surface area contributed by atoms with Gasteiger partial charge in [0, 0.05) is 17.3 Å². The van der Waals surface area contributed by atoms with E-state index in [2.05, 4.69) is 20.1 Å². The summed E-state index contributed by atoms with van der Waals surface area (Å²) in [5.41, 5.74) is 8.97. The number of thioether (sulfide) groups is 1. The molecule has 0 fully saturated rings. The zero-order valence-corrected chi connectivity index (χ0v) is 11.6. The van der Waals surface area contributed by atoms with Gasteiger partial charge in [-0.2, -0.15) is 5.10 Å². The maximum atomic E-state index is 6.04. The van der Waals surface area contributed by atoms with E-state index in [1.165, 1.54) is 0 Å². The van der Waals surface area contributed by atoms with Crippen LogP contribution >= 0.6 is 11.8 Å². The Morgan fingerprint density at radius 3 is 2.84 bits per heavy atom. The van der Waals surface area contributed by atoms with Crippen molar-refractivity contribution in [3.05, 3.63) is 41.6 Å². The second kappa shape index (κ2) is 4.62. The number of hydrogen-bond donors (Lipinski definition) is 2. The van der Waals surface area contributed by atoms with Crippen LogP contribution in [0.3, 0.4) is 0 Å². The number of aromatic nitrogens is 2. The molecule has 0 saturated heterocycles. The lowest BCUT2D eigenvalue weighted by molar-refractivity contribution is 0.872. The van der Waals surface area contributed by atoms with Crippen molar-refractivity contribution < 1.29 is 0 Å². The first kappa shape index (κ1) is 12.1. The number of aryl methyl sites for hydroxylation is 1. The Kier molecular flexibility index (Phi) is 2.94. The van der Waals surface area contributed by atoms with Crippen LogP contribution in [0.25, 0.3) is 0 Å². The molecule has 0 aliphatic carbocycles. The van der Waals surface area contributed by atoms with E-state index >= 15 is 0 Å². The van der Waals surface area contributed by atoms with Gasteiger partial charge in [-0.15, -0.1) is 11.8 Å². The number of benzene rings is 1. The third-order valence-electron chi connectivity index (χ3n) is 3.06. The first-order chi connectivity index (χ1) is 9.20. The van der Waals surface area contributed by atoms with E-state index in [-0.39, 0.29) is 5.50 Å². The summed E-state index contributed by atoms with van der Waals surface area (Å²) in [5.74, 6) is 1.44. The summed E-state index contributed by atoms with van der Waals surface area (Å²) in [4.78, 5) is 6.64. The lowest BCUT2D eigenvalue weighted by Gasteiger charge is -2.33. The van der Waals surface area contributed by atoms with E-state index < -0.39 is 0 Å². The SMILES string of the molecule is CSC1N=C(N)c2ccccc2N1c1cc(C)[nH]n1. The number of nitrogens with zero attached hydrogens (tertiary/aromatic N) is 3. The fourth-order valence-electron chi connectivity index (χ4n) is 2.19. The Morgan fingerprint density at radius 2 is 2.16 bits per heavy atom. The summed E-state index contributed by atoms with van der Waals surface area (Å²) in [5, 5.41) is 7.31. The van der Waals surface area contributed by atoms with Crippen LogP contribution in [-0.2, 0) is 0 Å². The quantitative estimate of drug-likeness (QED) is 0.880. The molecule has 1 aromatic heterocycles. The highest BCUT2D eigenvalue weighted by molar-refractivity contribution is 7.99. The Balaban J connectivity index is 2.16. The van der Waals surface area contributed by atoms with E-state index in [0.717, 1.165) is 22.8 Å². The molecule has 1 aliphatic heterocycles. The first-order valence-electron chi connectivity index (χ1n) is 5.97. The topological polar surface area (TPSA) is 70.3 Å². The Morgan fingerprint density at radius 1 is 1.37 bits per heavy atom. The number of hydrogen-bond acceptors (Lipinski definition) is 5. The molecule has 0 bridgehead atoms. The monoisotopic (exact) mass is 273 g/mol. The van der Waals surface area contributed by atoms with Crippen molar-refractivity contribution >= 4 is 29.1 Å². The molecule has 3 N–H and O–H groups in total. The summed E-state index contributed by atoms with van der Waals surface area (Å²) < 4.78 is 0. The van der Waals surface area contributed by atoms with E-state index in [1.807, 2.05) is 43.5 Å². The van der Waals surface area contributed by atoms with Gasteiger partial charge in [0.2, 0.25) is 0 Å². The Labute approximate surface area is 115 Å². The number of aliphatic imine (C=N–C) groups is 1. The minimum Gasteiger partial charge on any atom is -0.383 e. The number of H-pyrrole nitrogens is 1. The second-order valence-corrected chi connectivity index (χ2v) is 5.27.